The van der Waals surface area contributed by atoms with Crippen LogP contribution in [0.4, 0.5) is 0 Å². The summed E-state index contributed by atoms with van der Waals surface area (Å²) in [5.41, 5.74) is 3.34. The number of nitrogens with one attached hydrogen (secondary N) is 1. The molecule has 0 spiro atoms. The summed E-state index contributed by atoms with van der Waals surface area (Å²) in [6, 6.07) is 21.6. The quantitative estimate of drug-likeness (QED) is 0.297. The number of ether oxygens (including phenoxy) is 1. The lowest BCUT2D eigenvalue weighted by Gasteiger charge is -2.31. The number of methoxy groups -OCH3 is 1. The van der Waals surface area contributed by atoms with E-state index in [1.54, 1.807) is 13.3 Å². The number of benzene rings is 2. The average Bonchev–Trinajstić information content (AvgIpc) is 3.67. The van der Waals surface area contributed by atoms with Gasteiger partial charge in [0.25, 0.3) is 5.56 Å². The van der Waals surface area contributed by atoms with Crippen molar-refractivity contribution in [2.45, 2.75) is 50.9 Å². The minimum Gasteiger partial charge on any atom is -0.497 e. The van der Waals surface area contributed by atoms with Crippen molar-refractivity contribution in [3.63, 3.8) is 0 Å². The van der Waals surface area contributed by atoms with Crippen molar-refractivity contribution < 1.29 is 4.74 Å². The predicted molar refractivity (Wildman–Crippen MR) is 148 cm³/mol. The summed E-state index contributed by atoms with van der Waals surface area (Å²) < 4.78 is 7.42. The fourth-order valence-corrected chi connectivity index (χ4v) is 5.60. The van der Waals surface area contributed by atoms with Crippen LogP contribution >= 0.6 is 0 Å². The van der Waals surface area contributed by atoms with Crippen molar-refractivity contribution >= 4 is 10.9 Å². The topological polar surface area (TPSA) is 102 Å². The van der Waals surface area contributed by atoms with Gasteiger partial charge in [-0.25, -0.2) is 4.68 Å². The van der Waals surface area contributed by atoms with E-state index in [9.17, 15) is 4.79 Å². The van der Waals surface area contributed by atoms with Crippen LogP contribution in [-0.4, -0.2) is 42.2 Å². The van der Waals surface area contributed by atoms with Crippen molar-refractivity contribution in [1.82, 2.24) is 35.1 Å². The molecule has 0 saturated heterocycles. The molecular formula is C30H31N7O2. The van der Waals surface area contributed by atoms with Crippen LogP contribution in [0.15, 0.2) is 83.9 Å². The third-order valence-corrected chi connectivity index (χ3v) is 7.51. The smallest absolute Gasteiger partial charge is 0.253 e. The fraction of sp³-hybridized carbons (Fsp3) is 0.300. The summed E-state index contributed by atoms with van der Waals surface area (Å²) in [6.07, 6.45) is 7.98. The number of tetrazole rings is 1. The highest BCUT2D eigenvalue weighted by molar-refractivity contribution is 5.80. The van der Waals surface area contributed by atoms with Crippen molar-refractivity contribution in [2.24, 2.45) is 0 Å². The zero-order valence-electron chi connectivity index (χ0n) is 21.9. The van der Waals surface area contributed by atoms with Crippen LogP contribution in [0.2, 0.25) is 0 Å². The highest BCUT2D eigenvalue weighted by Gasteiger charge is 2.33. The molecule has 1 atom stereocenters. The van der Waals surface area contributed by atoms with Crippen LogP contribution in [0, 0.1) is 0 Å². The average molecular weight is 522 g/mol. The van der Waals surface area contributed by atoms with E-state index in [1.165, 1.54) is 0 Å². The number of H-pyrrole nitrogens is 1. The minimum absolute atomic E-state index is 0.164. The van der Waals surface area contributed by atoms with Gasteiger partial charge < -0.3 is 9.72 Å². The number of fused-ring (bicyclic) bond motifs is 1. The predicted octanol–water partition coefficient (Wildman–Crippen LogP) is 4.83. The number of pyridine rings is 2. The molecule has 1 saturated carbocycles. The van der Waals surface area contributed by atoms with Crippen molar-refractivity contribution in [3.05, 3.63) is 112 Å². The highest BCUT2D eigenvalue weighted by atomic mass is 16.5. The second-order valence-electron chi connectivity index (χ2n) is 10.1. The van der Waals surface area contributed by atoms with Gasteiger partial charge in [0.05, 0.1) is 13.2 Å². The van der Waals surface area contributed by atoms with Gasteiger partial charge in [0.2, 0.25) is 0 Å². The summed E-state index contributed by atoms with van der Waals surface area (Å²) in [5, 5.41) is 14.0. The molecule has 5 aromatic rings. The van der Waals surface area contributed by atoms with Gasteiger partial charge in [-0.05, 0) is 64.7 Å². The monoisotopic (exact) mass is 521 g/mol. The first-order valence-electron chi connectivity index (χ1n) is 13.3. The Labute approximate surface area is 226 Å². The molecule has 0 aliphatic heterocycles. The van der Waals surface area contributed by atoms with Gasteiger partial charge in [-0.15, -0.1) is 5.10 Å². The zero-order valence-corrected chi connectivity index (χ0v) is 21.9. The standard InChI is InChI=1S/C30H31N7O2/c1-39-25-13-14-27-23(16-25)17-26(30(38)32-27)28(29-33-34-35-37(29)24-11-5-6-12-24)36(19-21-8-3-2-4-9-21)20-22-10-7-15-31-18-22/h2-4,7-10,13-18,24,28H,5-6,11-12,19-20H2,1H3,(H,32,38)/t28-/m1/s1. The number of aromatic nitrogens is 6. The van der Waals surface area contributed by atoms with E-state index in [4.69, 9.17) is 4.74 Å². The Balaban J connectivity index is 1.54. The third kappa shape index (κ3) is 5.31. The van der Waals surface area contributed by atoms with Gasteiger partial charge in [0.1, 0.15) is 11.8 Å². The first kappa shape index (κ1) is 24.9. The maximum atomic E-state index is 13.8. The second-order valence-corrected chi connectivity index (χ2v) is 10.1. The molecule has 0 amide bonds. The van der Waals surface area contributed by atoms with E-state index in [0.29, 0.717) is 24.5 Å². The Morgan fingerprint density at radius 1 is 1.03 bits per heavy atom. The van der Waals surface area contributed by atoms with E-state index >= 15 is 0 Å². The lowest BCUT2D eigenvalue weighted by atomic mass is 10.0. The molecule has 1 N–H and O–H groups in total. The van der Waals surface area contributed by atoms with Crippen LogP contribution in [0.3, 0.4) is 0 Å². The van der Waals surface area contributed by atoms with Crippen LogP contribution in [0.5, 0.6) is 5.75 Å². The Hall–Kier alpha value is -4.37. The summed E-state index contributed by atoms with van der Waals surface area (Å²) in [7, 11) is 1.64. The van der Waals surface area contributed by atoms with Crippen LogP contribution < -0.4 is 10.3 Å². The molecular weight excluding hydrogens is 490 g/mol. The largest absolute Gasteiger partial charge is 0.497 e. The molecule has 1 aliphatic carbocycles. The maximum Gasteiger partial charge on any atom is 0.253 e. The Kier molecular flexibility index (Phi) is 7.14. The molecule has 198 valence electrons. The van der Waals surface area contributed by atoms with E-state index in [-0.39, 0.29) is 11.6 Å². The fourth-order valence-electron chi connectivity index (χ4n) is 5.60. The molecule has 1 aliphatic rings. The van der Waals surface area contributed by atoms with Gasteiger partial charge >= 0.3 is 0 Å². The zero-order chi connectivity index (χ0) is 26.6. The molecule has 2 aromatic carbocycles. The molecule has 3 aromatic heterocycles. The van der Waals surface area contributed by atoms with Gasteiger partial charge in [-0.3, -0.25) is 14.7 Å². The SMILES string of the molecule is COc1ccc2[nH]c(=O)c([C@H](c3nnnn3C3CCCC3)N(Cc3ccccc3)Cc3cccnc3)cc2c1. The number of hydrogen-bond donors (Lipinski definition) is 1. The van der Waals surface area contributed by atoms with Crippen molar-refractivity contribution in [1.29, 1.82) is 0 Å². The van der Waals surface area contributed by atoms with E-state index < -0.39 is 6.04 Å². The molecule has 0 radical (unpaired) electrons. The number of hydrogen-bond acceptors (Lipinski definition) is 7. The first-order valence-corrected chi connectivity index (χ1v) is 13.3. The Morgan fingerprint density at radius 2 is 1.82 bits per heavy atom. The lowest BCUT2D eigenvalue weighted by molar-refractivity contribution is 0.190. The van der Waals surface area contributed by atoms with Crippen molar-refractivity contribution in [2.75, 3.05) is 7.11 Å². The molecule has 6 rings (SSSR count). The van der Waals surface area contributed by atoms with Gasteiger partial charge in [-0.1, -0.05) is 49.2 Å². The maximum absolute atomic E-state index is 13.8. The number of rotatable bonds is 9. The minimum atomic E-state index is -0.500. The normalized spacial score (nSPS) is 14.7. The molecule has 9 heteroatoms. The highest BCUT2D eigenvalue weighted by Crippen LogP contribution is 2.35. The van der Waals surface area contributed by atoms with Gasteiger partial charge in [0, 0.05) is 41.9 Å². The summed E-state index contributed by atoms with van der Waals surface area (Å²) in [5.74, 6) is 1.40. The van der Waals surface area contributed by atoms with Crippen LogP contribution in [-0.2, 0) is 13.1 Å². The number of nitrogens with zero attached hydrogens (tertiary/aromatic N) is 6. The van der Waals surface area contributed by atoms with E-state index in [1.807, 2.05) is 59.4 Å². The van der Waals surface area contributed by atoms with E-state index in [2.05, 4.69) is 48.6 Å². The molecule has 9 nitrogen and oxygen atoms in total. The lowest BCUT2D eigenvalue weighted by Crippen LogP contribution is -2.35. The summed E-state index contributed by atoms with van der Waals surface area (Å²) in [4.78, 5) is 23.5. The molecule has 0 unspecified atom stereocenters. The van der Waals surface area contributed by atoms with Gasteiger partial charge in [-0.2, -0.15) is 0 Å². The van der Waals surface area contributed by atoms with Crippen LogP contribution in [0.1, 0.15) is 60.3 Å². The van der Waals surface area contributed by atoms with Crippen LogP contribution in [0.25, 0.3) is 10.9 Å². The summed E-state index contributed by atoms with van der Waals surface area (Å²) in [6.45, 7) is 1.15. The van der Waals surface area contributed by atoms with E-state index in [0.717, 1.165) is 53.5 Å². The van der Waals surface area contributed by atoms with Gasteiger partial charge in [0.15, 0.2) is 5.82 Å². The second kappa shape index (κ2) is 11.2. The third-order valence-electron chi connectivity index (χ3n) is 7.51. The first-order chi connectivity index (χ1) is 19.2. The molecule has 0 bridgehead atoms. The summed E-state index contributed by atoms with van der Waals surface area (Å²) >= 11 is 0. The molecule has 39 heavy (non-hydrogen) atoms. The molecule has 3 heterocycles. The number of aromatic amines is 1. The molecule has 1 fully saturated rings. The Bertz CT molecular complexity index is 1550. The van der Waals surface area contributed by atoms with Crippen molar-refractivity contribution in [3.8, 4) is 5.75 Å². The Morgan fingerprint density at radius 3 is 2.59 bits per heavy atom.